The number of rotatable bonds is 1. The molecule has 2 heterocycles. The van der Waals surface area contributed by atoms with Crippen LogP contribution in [0.1, 0.15) is 67.4 Å². The summed E-state index contributed by atoms with van der Waals surface area (Å²) in [6, 6.07) is 11.9. The van der Waals surface area contributed by atoms with Crippen molar-refractivity contribution in [1.29, 1.82) is 0 Å². The van der Waals surface area contributed by atoms with Crippen LogP contribution in [0.3, 0.4) is 0 Å². The number of methoxy groups -OCH3 is 1. The maximum Gasteiger partial charge on any atom is 0.262 e. The first-order valence-corrected chi connectivity index (χ1v) is 17.5. The molecule has 1 spiro atoms. The fraction of sp³-hybridized carbons (Fsp3) is 0.529. The molecule has 1 unspecified atom stereocenters. The summed E-state index contributed by atoms with van der Waals surface area (Å²) in [7, 11) is -1.09. The number of benzene rings is 2. The molecule has 1 saturated carbocycles. The molecule has 226 valence electrons. The molecule has 0 saturated heterocycles. The number of ether oxygens (including phenoxy) is 2. The molecule has 2 aromatic rings. The Morgan fingerprint density at radius 2 is 2.02 bits per heavy atom. The fourth-order valence-corrected chi connectivity index (χ4v) is 9.17. The van der Waals surface area contributed by atoms with E-state index < -0.39 is 9.71 Å². The second-order valence-corrected chi connectivity index (χ2v) is 15.8. The summed E-state index contributed by atoms with van der Waals surface area (Å²) in [6.45, 7) is 6.18. The van der Waals surface area contributed by atoms with Crippen LogP contribution in [0.2, 0.25) is 5.02 Å². The summed E-state index contributed by atoms with van der Waals surface area (Å²) >= 11 is 6.42. The van der Waals surface area contributed by atoms with Gasteiger partial charge in [0.2, 0.25) is 0 Å². The first-order chi connectivity index (χ1) is 20.1. The van der Waals surface area contributed by atoms with E-state index in [0.29, 0.717) is 24.0 Å². The van der Waals surface area contributed by atoms with E-state index in [-0.39, 0.29) is 28.6 Å². The number of nitrogens with one attached hydrogen (secondary N) is 1. The predicted octanol–water partition coefficient (Wildman–Crippen LogP) is 6.20. The highest BCUT2D eigenvalue weighted by Crippen LogP contribution is 2.47. The minimum Gasteiger partial charge on any atom is -0.490 e. The molecule has 7 atom stereocenters. The van der Waals surface area contributed by atoms with E-state index in [2.05, 4.69) is 46.7 Å². The van der Waals surface area contributed by atoms with Crippen molar-refractivity contribution in [3.05, 3.63) is 70.3 Å². The van der Waals surface area contributed by atoms with E-state index in [4.69, 9.17) is 21.1 Å². The van der Waals surface area contributed by atoms with Gasteiger partial charge in [-0.15, -0.1) is 0 Å². The van der Waals surface area contributed by atoms with Crippen molar-refractivity contribution in [2.75, 3.05) is 31.7 Å². The van der Waals surface area contributed by atoms with Gasteiger partial charge in [0, 0.05) is 41.5 Å². The number of halogens is 1. The number of nitrogens with zero attached hydrogens (tertiary/aromatic N) is 1. The first-order valence-electron chi connectivity index (χ1n) is 15.3. The van der Waals surface area contributed by atoms with Crippen LogP contribution < -0.4 is 14.4 Å². The van der Waals surface area contributed by atoms with Gasteiger partial charge in [0.1, 0.15) is 5.75 Å². The summed E-state index contributed by atoms with van der Waals surface area (Å²) in [5.74, 6) is 5.34. The Morgan fingerprint density at radius 1 is 1.19 bits per heavy atom. The molecule has 0 aromatic heterocycles. The van der Waals surface area contributed by atoms with Crippen LogP contribution in [0, 0.1) is 17.8 Å². The lowest BCUT2D eigenvalue weighted by atomic mass is 9.68. The molecular weight excluding hydrogens is 568 g/mol. The van der Waals surface area contributed by atoms with Crippen LogP contribution >= 0.6 is 11.6 Å². The number of aryl methyl sites for hydroxylation is 1. The van der Waals surface area contributed by atoms with E-state index >= 15 is 0 Å². The monoisotopic (exact) mass is 610 g/mol. The second kappa shape index (κ2) is 11.5. The number of carbonyl (C=O) groups excluding carboxylic acids is 1. The Hall–Kier alpha value is -2.48. The zero-order valence-corrected chi connectivity index (χ0v) is 26.5. The summed E-state index contributed by atoms with van der Waals surface area (Å²) in [6.07, 6.45) is 10.5. The van der Waals surface area contributed by atoms with Gasteiger partial charge < -0.3 is 14.4 Å². The number of hydrogen-bond donors (Lipinski definition) is 1. The molecule has 4 aliphatic rings. The van der Waals surface area contributed by atoms with Crippen molar-refractivity contribution >= 4 is 38.8 Å². The second-order valence-electron chi connectivity index (χ2n) is 13.0. The summed E-state index contributed by atoms with van der Waals surface area (Å²) in [5.41, 5.74) is 3.82. The standard InChI is InChI=1S/C34H43ClN2O4S/c1-22-7-5-9-31(40-3)28-13-10-26(28)19-37-20-34(16-6-8-24-17-27(35)12-14-29(24)34)21-41-32-15-11-25(18-30(32)37)33(38)36-42(4,39)23(22)2/h5,9,11-12,14-15,17-18,22-23,26,28,31H,4,6-8,10,13,16,19-21H2,1-3H3,(H,36,38,39)/b9-5+/t22-,23+,26-,28+,31+,34-,42?/m0/s1. The molecular formula is C34H43ClN2O4S. The summed E-state index contributed by atoms with van der Waals surface area (Å²) in [4.78, 5) is 16.0. The molecule has 1 fully saturated rings. The number of amides is 1. The zero-order chi connectivity index (χ0) is 29.6. The summed E-state index contributed by atoms with van der Waals surface area (Å²) < 4.78 is 29.1. The Labute approximate surface area is 255 Å². The van der Waals surface area contributed by atoms with Gasteiger partial charge in [0.25, 0.3) is 5.91 Å². The van der Waals surface area contributed by atoms with Crippen LogP contribution in [0.25, 0.3) is 0 Å². The van der Waals surface area contributed by atoms with Gasteiger partial charge in [-0.05, 0) is 111 Å². The minimum atomic E-state index is -2.88. The molecule has 2 aromatic carbocycles. The third kappa shape index (κ3) is 5.48. The molecule has 0 radical (unpaired) electrons. The number of hydrogen-bond acceptors (Lipinski definition) is 5. The van der Waals surface area contributed by atoms with Gasteiger partial charge in [-0.25, -0.2) is 4.21 Å². The van der Waals surface area contributed by atoms with Gasteiger partial charge in [0.05, 0.1) is 28.1 Å². The lowest BCUT2D eigenvalue weighted by molar-refractivity contribution is 0.0131. The number of anilines is 1. The van der Waals surface area contributed by atoms with Gasteiger partial charge >= 0.3 is 0 Å². The van der Waals surface area contributed by atoms with Crippen molar-refractivity contribution in [1.82, 2.24) is 4.72 Å². The van der Waals surface area contributed by atoms with Crippen molar-refractivity contribution in [3.63, 3.8) is 0 Å². The van der Waals surface area contributed by atoms with Crippen LogP contribution in [0.5, 0.6) is 5.75 Å². The van der Waals surface area contributed by atoms with Gasteiger partial charge in [-0.2, -0.15) is 0 Å². The highest BCUT2D eigenvalue weighted by Gasteiger charge is 2.44. The molecule has 8 heteroatoms. The molecule has 2 aliphatic carbocycles. The molecule has 42 heavy (non-hydrogen) atoms. The quantitative estimate of drug-likeness (QED) is 0.308. The summed E-state index contributed by atoms with van der Waals surface area (Å²) in [5, 5.41) is 0.475. The molecule has 2 bridgehead atoms. The van der Waals surface area contributed by atoms with Crippen LogP contribution in [0.4, 0.5) is 5.69 Å². The van der Waals surface area contributed by atoms with Crippen LogP contribution in [0.15, 0.2) is 48.6 Å². The first kappa shape index (κ1) is 29.6. The SMILES string of the molecule is C=S1(=O)NC(=O)c2ccc3c(c2)N(C[C@@H]2CC[C@H]2[C@H](OC)/C=C/C[C@H](C)[C@H]1C)C[C@@]1(CCCc2cc(Cl)ccc21)CO3. The highest BCUT2D eigenvalue weighted by molar-refractivity contribution is 7.99. The normalized spacial score (nSPS) is 35.6. The van der Waals surface area contributed by atoms with Gasteiger partial charge in [0.15, 0.2) is 0 Å². The van der Waals surface area contributed by atoms with E-state index in [1.807, 2.05) is 25.1 Å². The zero-order valence-electron chi connectivity index (χ0n) is 24.9. The fourth-order valence-electron chi connectivity index (χ4n) is 7.49. The van der Waals surface area contributed by atoms with Crippen molar-refractivity contribution in [3.8, 4) is 5.75 Å². The van der Waals surface area contributed by atoms with Crippen molar-refractivity contribution < 1.29 is 18.5 Å². The Balaban J connectivity index is 1.43. The average Bonchev–Trinajstić information content (AvgIpc) is 3.10. The lowest BCUT2D eigenvalue weighted by Gasteiger charge is -2.46. The molecule has 2 aliphatic heterocycles. The van der Waals surface area contributed by atoms with E-state index in [0.717, 1.165) is 68.1 Å². The average molecular weight is 611 g/mol. The molecule has 6 rings (SSSR count). The highest BCUT2D eigenvalue weighted by atomic mass is 35.5. The Kier molecular flexibility index (Phi) is 8.14. The topological polar surface area (TPSA) is 67.9 Å². The Bertz CT molecular complexity index is 1490. The predicted molar refractivity (Wildman–Crippen MR) is 172 cm³/mol. The number of fused-ring (bicyclic) bond motifs is 4. The molecule has 1 amide bonds. The van der Waals surface area contributed by atoms with Crippen LogP contribution in [-0.4, -0.2) is 54.1 Å². The maximum atomic E-state index is 13.7. The smallest absolute Gasteiger partial charge is 0.262 e. The molecule has 6 nitrogen and oxygen atoms in total. The van der Waals surface area contributed by atoms with Crippen LogP contribution in [-0.2, 0) is 26.3 Å². The van der Waals surface area contributed by atoms with Gasteiger partial charge in [-0.3, -0.25) is 9.52 Å². The third-order valence-corrected chi connectivity index (χ3v) is 12.9. The number of carbonyl (C=O) groups is 1. The van der Waals surface area contributed by atoms with E-state index in [1.165, 1.54) is 11.1 Å². The number of allylic oxidation sites excluding steroid dienone is 1. The Morgan fingerprint density at radius 3 is 2.79 bits per heavy atom. The molecule has 1 N–H and O–H groups in total. The van der Waals surface area contributed by atoms with Crippen molar-refractivity contribution in [2.24, 2.45) is 17.8 Å². The van der Waals surface area contributed by atoms with Crippen molar-refractivity contribution in [2.45, 2.75) is 69.1 Å². The van der Waals surface area contributed by atoms with Gasteiger partial charge in [-0.1, -0.05) is 36.7 Å². The largest absolute Gasteiger partial charge is 0.490 e. The minimum absolute atomic E-state index is 0.0310. The van der Waals surface area contributed by atoms with E-state index in [9.17, 15) is 9.00 Å². The third-order valence-electron chi connectivity index (χ3n) is 10.4. The lowest BCUT2D eigenvalue weighted by Crippen LogP contribution is -2.49. The van der Waals surface area contributed by atoms with E-state index in [1.54, 1.807) is 13.2 Å². The maximum absolute atomic E-state index is 13.7.